The Kier molecular flexibility index (Phi) is 23.4. The molecule has 0 bridgehead atoms. The quantitative estimate of drug-likeness (QED) is 0.0894. The first-order chi connectivity index (χ1) is 20.3. The number of rotatable bonds is 22. The average Bonchev–Trinajstić information content (AvgIpc) is 3.30. The molecule has 1 aromatic carbocycles. The Morgan fingerprint density at radius 2 is 1.40 bits per heavy atom. The Labute approximate surface area is 314 Å². The normalized spacial score (nSPS) is 18.1. The van der Waals surface area contributed by atoms with Crippen LogP contribution in [-0.2, 0) is 34.4 Å². The van der Waals surface area contributed by atoms with Gasteiger partial charge in [0.25, 0.3) is 0 Å². The van der Waals surface area contributed by atoms with E-state index in [-0.39, 0.29) is 97.8 Å². The molecule has 0 radical (unpaired) electrons. The van der Waals surface area contributed by atoms with Crippen LogP contribution in [0, 0.1) is 0 Å². The van der Waals surface area contributed by atoms with Crippen LogP contribution >= 0.6 is 0 Å². The Hall–Kier alpha value is 0.0300. The van der Waals surface area contributed by atoms with Crippen molar-refractivity contribution in [1.29, 1.82) is 0 Å². The molecule has 1 amide bonds. The van der Waals surface area contributed by atoms with E-state index in [1.165, 1.54) is 44.9 Å². The molecule has 0 aliphatic carbocycles. The van der Waals surface area contributed by atoms with Crippen molar-refractivity contribution in [2.24, 2.45) is 0 Å². The van der Waals surface area contributed by atoms with Crippen molar-refractivity contribution in [3.8, 4) is 0 Å². The maximum Gasteiger partial charge on any atom is 1.00 e. The molecule has 2 unspecified atom stereocenters. The molecule has 0 spiro atoms. The fourth-order valence-electron chi connectivity index (χ4n) is 4.97. The van der Waals surface area contributed by atoms with Crippen molar-refractivity contribution in [2.75, 3.05) is 48.0 Å². The maximum atomic E-state index is 12.4. The summed E-state index contributed by atoms with van der Waals surface area (Å²) < 4.78 is 82.9. The van der Waals surface area contributed by atoms with Crippen molar-refractivity contribution in [2.45, 2.75) is 103 Å². The fourth-order valence-corrected chi connectivity index (χ4v) is 5.94. The SMILES string of the molecule is CCCCCCCCCCCC1(C)OCC(COC(=O)Nc2ccc(N(CCCS(=O)(=O)[O-])CCCS(=O)(=O)[O-])cc2)O1.[Na+].[Na+]. The molecule has 45 heavy (non-hydrogen) atoms. The molecule has 1 aliphatic rings. The smallest absolute Gasteiger partial charge is 0.748 e. The van der Waals surface area contributed by atoms with Gasteiger partial charge >= 0.3 is 65.2 Å². The van der Waals surface area contributed by atoms with Crippen LogP contribution in [0.2, 0.25) is 0 Å². The van der Waals surface area contributed by atoms with Gasteiger partial charge in [0.1, 0.15) is 12.7 Å². The molecular formula is C29H48N2Na2O10S2. The van der Waals surface area contributed by atoms with Crippen LogP contribution < -0.4 is 69.3 Å². The van der Waals surface area contributed by atoms with E-state index in [0.29, 0.717) is 18.0 Å². The number of ether oxygens (including phenoxy) is 3. The molecule has 16 heteroatoms. The van der Waals surface area contributed by atoms with Crippen LogP contribution in [0.25, 0.3) is 0 Å². The number of unbranched alkanes of at least 4 members (excludes halogenated alkanes) is 8. The monoisotopic (exact) mass is 694 g/mol. The molecular weight excluding hydrogens is 646 g/mol. The van der Waals surface area contributed by atoms with Crippen LogP contribution in [0.15, 0.2) is 24.3 Å². The maximum absolute atomic E-state index is 12.4. The zero-order valence-electron chi connectivity index (χ0n) is 27.5. The zero-order chi connectivity index (χ0) is 31.8. The molecule has 1 fully saturated rings. The molecule has 2 atom stereocenters. The van der Waals surface area contributed by atoms with Gasteiger partial charge in [-0.05, 0) is 50.5 Å². The van der Waals surface area contributed by atoms with E-state index in [1.54, 1.807) is 29.2 Å². The van der Waals surface area contributed by atoms with Crippen molar-refractivity contribution >= 4 is 37.7 Å². The molecule has 1 aliphatic heterocycles. The third-order valence-electron chi connectivity index (χ3n) is 7.25. The fraction of sp³-hybridized carbons (Fsp3) is 0.759. The minimum atomic E-state index is -4.40. The van der Waals surface area contributed by atoms with Gasteiger partial charge in [-0.2, -0.15) is 0 Å². The van der Waals surface area contributed by atoms with Gasteiger partial charge in [0.05, 0.1) is 26.8 Å². The zero-order valence-corrected chi connectivity index (χ0v) is 33.1. The Morgan fingerprint density at radius 3 is 1.91 bits per heavy atom. The third-order valence-corrected chi connectivity index (χ3v) is 8.83. The summed E-state index contributed by atoms with van der Waals surface area (Å²) in [6.45, 7) is 4.85. The Bertz CT molecular complexity index is 1140. The molecule has 0 aromatic heterocycles. The molecule has 248 valence electrons. The van der Waals surface area contributed by atoms with Crippen molar-refractivity contribution < 1.29 is 104 Å². The van der Waals surface area contributed by atoms with E-state index in [0.717, 1.165) is 19.3 Å². The molecule has 1 N–H and O–H groups in total. The first-order valence-corrected chi connectivity index (χ1v) is 18.4. The van der Waals surface area contributed by atoms with Crippen molar-refractivity contribution in [3.63, 3.8) is 0 Å². The number of benzene rings is 1. The van der Waals surface area contributed by atoms with Crippen molar-refractivity contribution in [1.82, 2.24) is 0 Å². The number of nitrogens with one attached hydrogen (secondary N) is 1. The van der Waals surface area contributed by atoms with Gasteiger partial charge in [0.15, 0.2) is 5.79 Å². The van der Waals surface area contributed by atoms with Crippen LogP contribution in [0.3, 0.4) is 0 Å². The van der Waals surface area contributed by atoms with Gasteiger partial charge in [0, 0.05) is 42.4 Å². The van der Waals surface area contributed by atoms with Crippen LogP contribution in [0.5, 0.6) is 0 Å². The minimum absolute atomic E-state index is 0. The largest absolute Gasteiger partial charge is 1.00 e. The number of hydrogen-bond donors (Lipinski definition) is 1. The van der Waals surface area contributed by atoms with Crippen LogP contribution in [0.1, 0.15) is 90.9 Å². The van der Waals surface area contributed by atoms with E-state index in [2.05, 4.69) is 12.2 Å². The Balaban J connectivity index is 0.00000968. The standard InChI is InChI=1S/C29H50N2O10S2.2Na/c1-3-4-5-6-7-8-9-10-11-18-29(2)40-24-27(41-29)23-39-28(32)30-25-14-16-26(17-15-25)31(19-12-21-42(33,34)35)20-13-22-43(36,37)38;;/h14-17,27H,3-13,18-24H2,1-2H3,(H,30,32)(H,33,34,35)(H,36,37,38);;/q;2*+1/p-2. The summed E-state index contributed by atoms with van der Waals surface area (Å²) in [6.07, 6.45) is 11.0. The summed E-state index contributed by atoms with van der Waals surface area (Å²) >= 11 is 0. The summed E-state index contributed by atoms with van der Waals surface area (Å²) in [6, 6.07) is 6.52. The van der Waals surface area contributed by atoms with E-state index in [1.807, 2.05) is 6.92 Å². The predicted molar refractivity (Wildman–Crippen MR) is 163 cm³/mol. The second-order valence-electron chi connectivity index (χ2n) is 11.3. The van der Waals surface area contributed by atoms with Gasteiger partial charge in [-0.3, -0.25) is 5.32 Å². The minimum Gasteiger partial charge on any atom is -0.748 e. The molecule has 12 nitrogen and oxygen atoms in total. The van der Waals surface area contributed by atoms with Gasteiger partial charge < -0.3 is 28.2 Å². The topological polar surface area (TPSA) is 174 Å². The molecule has 1 saturated heterocycles. The van der Waals surface area contributed by atoms with Crippen LogP contribution in [0.4, 0.5) is 16.2 Å². The number of nitrogens with zero attached hydrogens (tertiary/aromatic N) is 1. The molecule has 1 heterocycles. The van der Waals surface area contributed by atoms with Crippen LogP contribution in [-0.4, -0.2) is 81.7 Å². The van der Waals surface area contributed by atoms with Crippen molar-refractivity contribution in [3.05, 3.63) is 24.3 Å². The molecule has 0 saturated carbocycles. The summed E-state index contributed by atoms with van der Waals surface area (Å²) in [4.78, 5) is 14.0. The predicted octanol–water partition coefficient (Wildman–Crippen LogP) is -1.03. The van der Waals surface area contributed by atoms with E-state index >= 15 is 0 Å². The summed E-state index contributed by atoms with van der Waals surface area (Å²) in [5, 5.41) is 2.63. The van der Waals surface area contributed by atoms with E-state index in [9.17, 15) is 30.7 Å². The number of carbonyl (C=O) groups excluding carboxylic acids is 1. The summed E-state index contributed by atoms with van der Waals surface area (Å²) in [5.41, 5.74) is 1.05. The van der Waals surface area contributed by atoms with Gasteiger partial charge in [-0.25, -0.2) is 21.6 Å². The third kappa shape index (κ3) is 21.6. The van der Waals surface area contributed by atoms with Gasteiger partial charge in [0.2, 0.25) is 0 Å². The summed E-state index contributed by atoms with van der Waals surface area (Å²) in [5.74, 6) is -1.81. The average molecular weight is 695 g/mol. The second-order valence-corrected chi connectivity index (χ2v) is 14.3. The molecule has 1 aromatic rings. The summed E-state index contributed by atoms with van der Waals surface area (Å²) in [7, 11) is -8.79. The molecule has 2 rings (SSSR count). The number of anilines is 2. The van der Waals surface area contributed by atoms with Gasteiger partial charge in [-0.15, -0.1) is 0 Å². The number of carbonyl (C=O) groups is 1. The van der Waals surface area contributed by atoms with Gasteiger partial charge in [-0.1, -0.05) is 58.3 Å². The van der Waals surface area contributed by atoms with E-state index < -0.39 is 43.6 Å². The Morgan fingerprint density at radius 1 is 0.889 bits per heavy atom. The first kappa shape index (κ1) is 45.0. The van der Waals surface area contributed by atoms with E-state index in [4.69, 9.17) is 14.2 Å². The first-order valence-electron chi connectivity index (χ1n) is 15.3. The number of amides is 1. The second kappa shape index (κ2) is 23.4. The number of hydrogen-bond acceptors (Lipinski definition) is 11.